The van der Waals surface area contributed by atoms with Crippen LogP contribution in [0.2, 0.25) is 0 Å². The van der Waals surface area contributed by atoms with Crippen LogP contribution in [0.1, 0.15) is 34.3 Å². The van der Waals surface area contributed by atoms with Crippen LogP contribution in [0.4, 0.5) is 0 Å². The van der Waals surface area contributed by atoms with Gasteiger partial charge >= 0.3 is 0 Å². The summed E-state index contributed by atoms with van der Waals surface area (Å²) < 4.78 is 5.80. The van der Waals surface area contributed by atoms with Crippen LogP contribution in [-0.2, 0) is 13.2 Å². The highest BCUT2D eigenvalue weighted by molar-refractivity contribution is 5.94. The first-order valence-electron chi connectivity index (χ1n) is 11.2. The van der Waals surface area contributed by atoms with E-state index in [1.54, 1.807) is 12.1 Å². The van der Waals surface area contributed by atoms with Gasteiger partial charge in [-0.3, -0.25) is 9.69 Å². The summed E-state index contributed by atoms with van der Waals surface area (Å²) in [5, 5.41) is 13.6. The van der Waals surface area contributed by atoms with E-state index in [1.165, 1.54) is 5.56 Å². The fraction of sp³-hybridized carbons (Fsp3) is 0.296. The lowest BCUT2D eigenvalue weighted by atomic mass is 10.1. The summed E-state index contributed by atoms with van der Waals surface area (Å²) in [6.45, 7) is 2.83. The highest BCUT2D eigenvalue weighted by atomic mass is 16.5. The molecule has 5 heteroatoms. The minimum Gasteiger partial charge on any atom is -0.489 e. The summed E-state index contributed by atoms with van der Waals surface area (Å²) in [5.74, 6) is 0.541. The van der Waals surface area contributed by atoms with Gasteiger partial charge in [0.25, 0.3) is 5.91 Å². The van der Waals surface area contributed by atoms with Crippen LogP contribution in [0, 0.1) is 0 Å². The molecule has 3 aromatic carbocycles. The van der Waals surface area contributed by atoms with Gasteiger partial charge in [0, 0.05) is 18.7 Å². The molecule has 1 saturated heterocycles. The summed E-state index contributed by atoms with van der Waals surface area (Å²) in [7, 11) is 0. The zero-order valence-corrected chi connectivity index (χ0v) is 18.2. The van der Waals surface area contributed by atoms with E-state index in [-0.39, 0.29) is 11.9 Å². The quantitative estimate of drug-likeness (QED) is 0.594. The molecule has 0 radical (unpaired) electrons. The number of aliphatic hydroxyl groups is 1. The standard InChI is InChI=1S/C27H30N2O3/c30-26-12-7-17-29(18-21-8-3-1-4-9-21)19-25(26)28-27(31)23-13-15-24(16-14-23)32-20-22-10-5-2-6-11-22/h1-6,8-11,13-16,25-26,30H,7,12,17-20H2,(H,28,31)/t25-,26+/m0/s1. The zero-order chi connectivity index (χ0) is 22.2. The molecule has 0 unspecified atom stereocenters. The average molecular weight is 431 g/mol. The van der Waals surface area contributed by atoms with Crippen LogP contribution in [0.5, 0.6) is 5.75 Å². The predicted octanol–water partition coefficient (Wildman–Crippen LogP) is 4.02. The molecule has 1 amide bonds. The van der Waals surface area contributed by atoms with Crippen LogP contribution in [0.3, 0.4) is 0 Å². The lowest BCUT2D eigenvalue weighted by molar-refractivity contribution is 0.0798. The molecule has 1 aliphatic heterocycles. The molecule has 0 aliphatic carbocycles. The summed E-state index contributed by atoms with van der Waals surface area (Å²) >= 11 is 0. The van der Waals surface area contributed by atoms with Crippen molar-refractivity contribution >= 4 is 5.91 Å². The number of nitrogens with one attached hydrogen (secondary N) is 1. The van der Waals surface area contributed by atoms with Crippen molar-refractivity contribution in [1.29, 1.82) is 0 Å². The Morgan fingerprint density at radius 1 is 0.938 bits per heavy atom. The molecule has 32 heavy (non-hydrogen) atoms. The number of hydrogen-bond donors (Lipinski definition) is 2. The number of benzene rings is 3. The van der Waals surface area contributed by atoms with Crippen LogP contribution in [-0.4, -0.2) is 41.1 Å². The number of likely N-dealkylation sites (tertiary alicyclic amines) is 1. The van der Waals surface area contributed by atoms with Crippen LogP contribution < -0.4 is 10.1 Å². The lowest BCUT2D eigenvalue weighted by Gasteiger charge is -2.27. The highest BCUT2D eigenvalue weighted by Crippen LogP contribution is 2.17. The first kappa shape index (κ1) is 22.1. The van der Waals surface area contributed by atoms with Gasteiger partial charge in [-0.15, -0.1) is 0 Å². The first-order valence-corrected chi connectivity index (χ1v) is 11.2. The third-order valence-electron chi connectivity index (χ3n) is 5.82. The Labute approximate surface area is 189 Å². The van der Waals surface area contributed by atoms with E-state index in [0.29, 0.717) is 30.9 Å². The van der Waals surface area contributed by atoms with Crippen LogP contribution >= 0.6 is 0 Å². The number of amides is 1. The predicted molar refractivity (Wildman–Crippen MR) is 125 cm³/mol. The summed E-state index contributed by atoms with van der Waals surface area (Å²) in [4.78, 5) is 15.1. The van der Waals surface area contributed by atoms with E-state index in [1.807, 2.05) is 60.7 Å². The molecule has 0 bridgehead atoms. The number of carbonyl (C=O) groups excluding carboxylic acids is 1. The first-order chi connectivity index (χ1) is 15.7. The molecule has 2 N–H and O–H groups in total. The van der Waals surface area contributed by atoms with Gasteiger partial charge in [-0.25, -0.2) is 0 Å². The minimum absolute atomic E-state index is 0.176. The topological polar surface area (TPSA) is 61.8 Å². The Morgan fingerprint density at radius 3 is 2.28 bits per heavy atom. The normalized spacial score (nSPS) is 19.2. The smallest absolute Gasteiger partial charge is 0.251 e. The minimum atomic E-state index is -0.548. The zero-order valence-electron chi connectivity index (χ0n) is 18.2. The number of ether oxygens (including phenoxy) is 1. The maximum atomic E-state index is 12.8. The van der Waals surface area contributed by atoms with Gasteiger partial charge < -0.3 is 15.2 Å². The van der Waals surface area contributed by atoms with Gasteiger partial charge in [0.15, 0.2) is 0 Å². The number of hydrogen-bond acceptors (Lipinski definition) is 4. The second-order valence-corrected chi connectivity index (χ2v) is 8.31. The molecule has 3 aromatic rings. The van der Waals surface area contributed by atoms with Crippen molar-refractivity contribution in [3.8, 4) is 5.75 Å². The van der Waals surface area contributed by atoms with Gasteiger partial charge in [0.1, 0.15) is 12.4 Å². The molecule has 1 fully saturated rings. The maximum absolute atomic E-state index is 12.8. The van der Waals surface area contributed by atoms with Crippen molar-refractivity contribution in [1.82, 2.24) is 10.2 Å². The number of aliphatic hydroxyl groups excluding tert-OH is 1. The van der Waals surface area contributed by atoms with Crippen molar-refractivity contribution in [3.63, 3.8) is 0 Å². The van der Waals surface area contributed by atoms with Gasteiger partial charge in [-0.05, 0) is 54.8 Å². The van der Waals surface area contributed by atoms with E-state index in [9.17, 15) is 9.90 Å². The molecule has 5 nitrogen and oxygen atoms in total. The van der Waals surface area contributed by atoms with E-state index in [2.05, 4.69) is 22.3 Å². The summed E-state index contributed by atoms with van der Waals surface area (Å²) in [6, 6.07) is 27.1. The second kappa shape index (κ2) is 10.9. The summed E-state index contributed by atoms with van der Waals surface area (Å²) in [5.41, 5.74) is 2.89. The lowest BCUT2D eigenvalue weighted by Crippen LogP contribution is -2.48. The van der Waals surface area contributed by atoms with Crippen LogP contribution in [0.25, 0.3) is 0 Å². The van der Waals surface area contributed by atoms with E-state index < -0.39 is 6.10 Å². The van der Waals surface area contributed by atoms with E-state index >= 15 is 0 Å². The number of carbonyl (C=O) groups is 1. The molecule has 0 saturated carbocycles. The fourth-order valence-corrected chi connectivity index (χ4v) is 4.04. The Bertz CT molecular complexity index is 977. The molecule has 4 rings (SSSR count). The van der Waals surface area contributed by atoms with Crippen molar-refractivity contribution < 1.29 is 14.6 Å². The molecule has 1 heterocycles. The fourth-order valence-electron chi connectivity index (χ4n) is 4.04. The molecule has 0 aromatic heterocycles. The molecular formula is C27H30N2O3. The van der Waals surface area contributed by atoms with Crippen molar-refractivity contribution in [2.24, 2.45) is 0 Å². The average Bonchev–Trinajstić information content (AvgIpc) is 3.00. The monoisotopic (exact) mass is 430 g/mol. The van der Waals surface area contributed by atoms with Gasteiger partial charge in [-0.1, -0.05) is 60.7 Å². The van der Waals surface area contributed by atoms with Gasteiger partial charge in [0.05, 0.1) is 12.1 Å². The number of nitrogens with zero attached hydrogens (tertiary/aromatic N) is 1. The summed E-state index contributed by atoms with van der Waals surface area (Å²) in [6.07, 6.45) is 1.05. The Morgan fingerprint density at radius 2 is 1.59 bits per heavy atom. The van der Waals surface area contributed by atoms with Gasteiger partial charge in [0.2, 0.25) is 0 Å². The Kier molecular flexibility index (Phi) is 7.54. The molecule has 166 valence electrons. The van der Waals surface area contributed by atoms with Crippen molar-refractivity contribution in [2.75, 3.05) is 13.1 Å². The van der Waals surface area contributed by atoms with E-state index in [0.717, 1.165) is 25.1 Å². The van der Waals surface area contributed by atoms with E-state index in [4.69, 9.17) is 4.74 Å². The Balaban J connectivity index is 1.33. The SMILES string of the molecule is O=C(N[C@H]1CN(Cc2ccccc2)CCC[C@H]1O)c1ccc(OCc2ccccc2)cc1. The molecular weight excluding hydrogens is 400 g/mol. The second-order valence-electron chi connectivity index (χ2n) is 8.31. The highest BCUT2D eigenvalue weighted by Gasteiger charge is 2.27. The molecule has 2 atom stereocenters. The largest absolute Gasteiger partial charge is 0.489 e. The van der Waals surface area contributed by atoms with Crippen LogP contribution in [0.15, 0.2) is 84.9 Å². The molecule has 1 aliphatic rings. The third-order valence-corrected chi connectivity index (χ3v) is 5.82. The molecule has 0 spiro atoms. The van der Waals surface area contributed by atoms with Crippen molar-refractivity contribution in [3.05, 3.63) is 102 Å². The Hall–Kier alpha value is -3.15. The third kappa shape index (κ3) is 6.19. The van der Waals surface area contributed by atoms with Crippen molar-refractivity contribution in [2.45, 2.75) is 38.1 Å². The van der Waals surface area contributed by atoms with Gasteiger partial charge in [-0.2, -0.15) is 0 Å². The number of rotatable bonds is 7. The maximum Gasteiger partial charge on any atom is 0.251 e.